The van der Waals surface area contributed by atoms with Gasteiger partial charge in [-0.05, 0) is 25.0 Å². The van der Waals surface area contributed by atoms with Crippen LogP contribution in [-0.4, -0.2) is 35.3 Å². The lowest BCUT2D eigenvalue weighted by Crippen LogP contribution is -2.44. The van der Waals surface area contributed by atoms with Gasteiger partial charge in [-0.2, -0.15) is 0 Å². The van der Waals surface area contributed by atoms with Crippen molar-refractivity contribution in [1.82, 2.24) is 10.3 Å². The second kappa shape index (κ2) is 4.83. The molecule has 1 amide bonds. The number of carbonyl (C=O) groups is 1. The summed E-state index contributed by atoms with van der Waals surface area (Å²) < 4.78 is 0. The van der Waals surface area contributed by atoms with E-state index in [1.54, 1.807) is 12.4 Å². The number of hydrogen-bond donors (Lipinski definition) is 2. The maximum absolute atomic E-state index is 10.5. The molecule has 0 aromatic carbocycles. The number of nitrogens with zero attached hydrogens (tertiary/aromatic N) is 2. The number of hydrogen-bond acceptors (Lipinski definition) is 3. The van der Waals surface area contributed by atoms with Gasteiger partial charge in [0.25, 0.3) is 0 Å². The minimum absolute atomic E-state index is 0.0931. The summed E-state index contributed by atoms with van der Waals surface area (Å²) >= 11 is 0. The Hall–Kier alpha value is -1.78. The number of anilines is 1. The summed E-state index contributed by atoms with van der Waals surface area (Å²) in [4.78, 5) is 16.7. The van der Waals surface area contributed by atoms with Gasteiger partial charge < -0.3 is 15.3 Å². The summed E-state index contributed by atoms with van der Waals surface area (Å²) in [6.07, 6.45) is 4.33. The molecule has 0 radical (unpaired) electrons. The number of rotatable bonds is 2. The van der Waals surface area contributed by atoms with Gasteiger partial charge in [0.1, 0.15) is 0 Å². The molecule has 1 saturated heterocycles. The lowest BCUT2D eigenvalue weighted by molar-refractivity contribution is 0.187. The minimum atomic E-state index is -0.928. The first-order valence-corrected chi connectivity index (χ1v) is 5.40. The first-order chi connectivity index (χ1) is 7.75. The van der Waals surface area contributed by atoms with Crippen LogP contribution in [0, 0.1) is 0 Å². The molecule has 1 aromatic heterocycles. The van der Waals surface area contributed by atoms with Gasteiger partial charge >= 0.3 is 6.09 Å². The molecule has 5 nitrogen and oxygen atoms in total. The van der Waals surface area contributed by atoms with Crippen molar-refractivity contribution in [2.24, 2.45) is 0 Å². The zero-order valence-corrected chi connectivity index (χ0v) is 8.97. The number of amides is 1. The second-order valence-corrected chi connectivity index (χ2v) is 3.92. The van der Waals surface area contributed by atoms with Gasteiger partial charge in [0.2, 0.25) is 0 Å². The van der Waals surface area contributed by atoms with Crippen LogP contribution in [-0.2, 0) is 0 Å². The van der Waals surface area contributed by atoms with E-state index in [0.717, 1.165) is 31.6 Å². The quantitative estimate of drug-likeness (QED) is 0.790. The standard InChI is InChI=1S/C11H15N3O2/c15-11(16)13-9-3-7-14(8-4-9)10-1-5-12-6-2-10/h1-2,5-6,9,13H,3-4,7-8H2,(H,15,16). The normalized spacial score (nSPS) is 17.1. The van der Waals surface area contributed by atoms with Crippen LogP contribution in [0.15, 0.2) is 24.5 Å². The van der Waals surface area contributed by atoms with E-state index in [-0.39, 0.29) is 6.04 Å². The largest absolute Gasteiger partial charge is 0.465 e. The van der Waals surface area contributed by atoms with Crippen molar-refractivity contribution in [2.75, 3.05) is 18.0 Å². The van der Waals surface area contributed by atoms with E-state index < -0.39 is 6.09 Å². The van der Waals surface area contributed by atoms with Gasteiger partial charge in [0.15, 0.2) is 0 Å². The average Bonchev–Trinajstić information content (AvgIpc) is 2.30. The lowest BCUT2D eigenvalue weighted by Gasteiger charge is -2.33. The zero-order chi connectivity index (χ0) is 11.4. The van der Waals surface area contributed by atoms with Crippen LogP contribution in [0.2, 0.25) is 0 Å². The molecule has 86 valence electrons. The third kappa shape index (κ3) is 2.62. The maximum Gasteiger partial charge on any atom is 0.404 e. The third-order valence-corrected chi connectivity index (χ3v) is 2.85. The molecule has 2 N–H and O–H groups in total. The van der Waals surface area contributed by atoms with Gasteiger partial charge in [-0.3, -0.25) is 4.98 Å². The Morgan fingerprint density at radius 1 is 1.38 bits per heavy atom. The fourth-order valence-electron chi connectivity index (χ4n) is 2.01. The zero-order valence-electron chi connectivity index (χ0n) is 8.97. The fraction of sp³-hybridized carbons (Fsp3) is 0.455. The molecule has 0 atom stereocenters. The van der Waals surface area contributed by atoms with Crippen molar-refractivity contribution in [1.29, 1.82) is 0 Å². The van der Waals surface area contributed by atoms with Crippen LogP contribution in [0.3, 0.4) is 0 Å². The van der Waals surface area contributed by atoms with E-state index in [9.17, 15) is 4.79 Å². The van der Waals surface area contributed by atoms with Crippen molar-refractivity contribution in [2.45, 2.75) is 18.9 Å². The molecule has 1 aliphatic heterocycles. The first kappa shape index (κ1) is 10.7. The van der Waals surface area contributed by atoms with Crippen molar-refractivity contribution < 1.29 is 9.90 Å². The SMILES string of the molecule is O=C(O)NC1CCN(c2ccncc2)CC1. The topological polar surface area (TPSA) is 65.5 Å². The summed E-state index contributed by atoms with van der Waals surface area (Å²) in [5.41, 5.74) is 1.16. The van der Waals surface area contributed by atoms with E-state index in [1.807, 2.05) is 12.1 Å². The predicted octanol–water partition coefficient (Wildman–Crippen LogP) is 1.32. The Morgan fingerprint density at radius 2 is 2.00 bits per heavy atom. The Kier molecular flexibility index (Phi) is 3.24. The third-order valence-electron chi connectivity index (χ3n) is 2.85. The summed E-state index contributed by atoms with van der Waals surface area (Å²) in [5, 5.41) is 11.1. The molecule has 0 unspecified atom stereocenters. The number of aromatic nitrogens is 1. The van der Waals surface area contributed by atoms with Crippen LogP contribution in [0.25, 0.3) is 0 Å². The van der Waals surface area contributed by atoms with Crippen molar-refractivity contribution in [3.05, 3.63) is 24.5 Å². The summed E-state index contributed by atoms with van der Waals surface area (Å²) in [5.74, 6) is 0. The van der Waals surface area contributed by atoms with E-state index >= 15 is 0 Å². The molecule has 0 aliphatic carbocycles. The smallest absolute Gasteiger partial charge is 0.404 e. The molecule has 0 spiro atoms. The highest BCUT2D eigenvalue weighted by atomic mass is 16.4. The number of pyridine rings is 1. The van der Waals surface area contributed by atoms with Crippen LogP contribution in [0.4, 0.5) is 10.5 Å². The van der Waals surface area contributed by atoms with Crippen LogP contribution >= 0.6 is 0 Å². The minimum Gasteiger partial charge on any atom is -0.465 e. The van der Waals surface area contributed by atoms with Gasteiger partial charge in [-0.15, -0.1) is 0 Å². The molecular formula is C11H15N3O2. The molecule has 1 aliphatic rings. The number of nitrogens with one attached hydrogen (secondary N) is 1. The highest BCUT2D eigenvalue weighted by Gasteiger charge is 2.20. The number of carboxylic acid groups (broad SMARTS) is 1. The molecule has 2 rings (SSSR count). The van der Waals surface area contributed by atoms with E-state index in [2.05, 4.69) is 15.2 Å². The Bertz CT molecular complexity index is 348. The molecule has 5 heteroatoms. The van der Waals surface area contributed by atoms with Gasteiger partial charge in [-0.1, -0.05) is 0 Å². The van der Waals surface area contributed by atoms with Gasteiger partial charge in [-0.25, -0.2) is 4.79 Å². The first-order valence-electron chi connectivity index (χ1n) is 5.40. The monoisotopic (exact) mass is 221 g/mol. The highest BCUT2D eigenvalue weighted by Crippen LogP contribution is 2.18. The summed E-state index contributed by atoms with van der Waals surface area (Å²) in [6.45, 7) is 1.77. The van der Waals surface area contributed by atoms with Crippen molar-refractivity contribution >= 4 is 11.8 Å². The maximum atomic E-state index is 10.5. The van der Waals surface area contributed by atoms with E-state index in [1.165, 1.54) is 0 Å². The van der Waals surface area contributed by atoms with Crippen LogP contribution in [0.5, 0.6) is 0 Å². The fourth-order valence-corrected chi connectivity index (χ4v) is 2.01. The van der Waals surface area contributed by atoms with E-state index in [4.69, 9.17) is 5.11 Å². The molecule has 0 saturated carbocycles. The Balaban J connectivity index is 1.88. The van der Waals surface area contributed by atoms with Gasteiger partial charge in [0.05, 0.1) is 0 Å². The molecular weight excluding hydrogens is 206 g/mol. The Labute approximate surface area is 94.1 Å². The number of piperidine rings is 1. The van der Waals surface area contributed by atoms with Crippen molar-refractivity contribution in [3.8, 4) is 0 Å². The average molecular weight is 221 g/mol. The molecule has 1 fully saturated rings. The van der Waals surface area contributed by atoms with Gasteiger partial charge in [0, 0.05) is 37.2 Å². The van der Waals surface area contributed by atoms with Crippen LogP contribution < -0.4 is 10.2 Å². The molecule has 0 bridgehead atoms. The Morgan fingerprint density at radius 3 is 2.56 bits per heavy atom. The van der Waals surface area contributed by atoms with Crippen molar-refractivity contribution in [3.63, 3.8) is 0 Å². The lowest BCUT2D eigenvalue weighted by atomic mass is 10.0. The predicted molar refractivity (Wildman–Crippen MR) is 60.6 cm³/mol. The molecule has 16 heavy (non-hydrogen) atoms. The summed E-state index contributed by atoms with van der Waals surface area (Å²) in [6, 6.07) is 4.05. The highest BCUT2D eigenvalue weighted by molar-refractivity contribution is 5.64. The summed E-state index contributed by atoms with van der Waals surface area (Å²) in [7, 11) is 0. The molecule has 2 heterocycles. The van der Waals surface area contributed by atoms with E-state index in [0.29, 0.717) is 0 Å². The van der Waals surface area contributed by atoms with Crippen LogP contribution in [0.1, 0.15) is 12.8 Å². The second-order valence-electron chi connectivity index (χ2n) is 3.92. The molecule has 1 aromatic rings.